The maximum atomic E-state index is 12.1. The Morgan fingerprint density at radius 3 is 2.67 bits per heavy atom. The third-order valence-corrected chi connectivity index (χ3v) is 4.63. The Morgan fingerprint density at radius 1 is 1.07 bits per heavy atom. The molecule has 0 radical (unpaired) electrons. The van der Waals surface area contributed by atoms with Gasteiger partial charge in [0.05, 0.1) is 5.52 Å². The molecule has 1 aliphatic rings. The molecule has 1 aliphatic heterocycles. The first-order valence-electron chi connectivity index (χ1n) is 8.91. The largest absolute Gasteiger partial charge is 0.344 e. The predicted molar refractivity (Wildman–Crippen MR) is 107 cm³/mol. The molecule has 0 spiro atoms. The molecule has 1 atom stereocenters. The lowest BCUT2D eigenvalue weighted by Crippen LogP contribution is -2.37. The molecule has 0 bridgehead atoms. The van der Waals surface area contributed by atoms with E-state index in [0.29, 0.717) is 18.5 Å². The highest BCUT2D eigenvalue weighted by atomic mass is 16.2. The average molecular weight is 357 g/mol. The molecule has 1 saturated heterocycles. The Kier molecular flexibility index (Phi) is 4.66. The molecule has 0 unspecified atom stereocenters. The maximum Gasteiger partial charge on any atom is 0.246 e. The number of rotatable bonds is 4. The van der Waals surface area contributed by atoms with Crippen LogP contribution in [-0.2, 0) is 9.59 Å². The van der Waals surface area contributed by atoms with E-state index in [1.54, 1.807) is 0 Å². The average Bonchev–Trinajstić information content (AvgIpc) is 3.14. The molecule has 5 nitrogen and oxygen atoms in total. The van der Waals surface area contributed by atoms with Crippen molar-refractivity contribution < 1.29 is 9.59 Å². The number of anilines is 1. The summed E-state index contributed by atoms with van der Waals surface area (Å²) in [6, 6.07) is 17.2. The normalized spacial score (nSPS) is 16.6. The minimum absolute atomic E-state index is 0.0701. The summed E-state index contributed by atoms with van der Waals surface area (Å²) in [5.41, 5.74) is 3.82. The van der Waals surface area contributed by atoms with E-state index >= 15 is 0 Å². The number of carbonyl (C=O) groups is 2. The number of carbonyl (C=O) groups excluding carboxylic acids is 2. The number of nitrogens with zero attached hydrogens (tertiary/aromatic N) is 1. The van der Waals surface area contributed by atoms with Crippen LogP contribution in [0, 0.1) is 0 Å². The molecule has 1 fully saturated rings. The van der Waals surface area contributed by atoms with Crippen LogP contribution in [-0.4, -0.2) is 22.8 Å². The number of nitrogens with one attached hydrogen (secondary N) is 2. The van der Waals surface area contributed by atoms with Gasteiger partial charge in [0.15, 0.2) is 0 Å². The van der Waals surface area contributed by atoms with Crippen molar-refractivity contribution in [2.45, 2.75) is 18.9 Å². The summed E-state index contributed by atoms with van der Waals surface area (Å²) in [5.74, 6) is -0.244. The first-order chi connectivity index (χ1) is 13.2. The Morgan fingerprint density at radius 2 is 1.89 bits per heavy atom. The summed E-state index contributed by atoms with van der Waals surface area (Å²) in [6.07, 6.45) is 6.86. The summed E-state index contributed by atoms with van der Waals surface area (Å²) >= 11 is 0. The molecule has 3 aromatic rings. The highest BCUT2D eigenvalue weighted by molar-refractivity contribution is 5.99. The van der Waals surface area contributed by atoms with E-state index in [1.165, 1.54) is 0 Å². The molecule has 2 aromatic carbocycles. The van der Waals surface area contributed by atoms with Crippen LogP contribution in [0.1, 0.15) is 24.0 Å². The minimum Gasteiger partial charge on any atom is -0.344 e. The van der Waals surface area contributed by atoms with Gasteiger partial charge < -0.3 is 10.6 Å². The first-order valence-corrected chi connectivity index (χ1v) is 8.91. The number of benzene rings is 2. The van der Waals surface area contributed by atoms with E-state index in [4.69, 9.17) is 0 Å². The molecular formula is C22H19N3O2. The van der Waals surface area contributed by atoms with Gasteiger partial charge in [0.2, 0.25) is 11.8 Å². The Balaban J connectivity index is 1.45. The van der Waals surface area contributed by atoms with Crippen LogP contribution in [0.5, 0.6) is 0 Å². The second kappa shape index (κ2) is 7.41. The fraction of sp³-hybridized carbons (Fsp3) is 0.136. The lowest BCUT2D eigenvalue weighted by Gasteiger charge is -2.11. The minimum atomic E-state index is -0.433. The van der Waals surface area contributed by atoms with Gasteiger partial charge in [-0.2, -0.15) is 0 Å². The third kappa shape index (κ3) is 3.87. The number of hydrogen-bond acceptors (Lipinski definition) is 3. The molecule has 4 rings (SSSR count). The summed E-state index contributed by atoms with van der Waals surface area (Å²) in [6.45, 7) is 0. The highest BCUT2D eigenvalue weighted by Crippen LogP contribution is 2.19. The van der Waals surface area contributed by atoms with Crippen molar-refractivity contribution in [1.82, 2.24) is 10.3 Å². The molecule has 0 aliphatic carbocycles. The Hall–Kier alpha value is -3.47. The van der Waals surface area contributed by atoms with Gasteiger partial charge in [-0.15, -0.1) is 0 Å². The molecule has 27 heavy (non-hydrogen) atoms. The van der Waals surface area contributed by atoms with Crippen LogP contribution >= 0.6 is 0 Å². The van der Waals surface area contributed by atoms with E-state index in [0.717, 1.165) is 22.0 Å². The van der Waals surface area contributed by atoms with Crippen LogP contribution < -0.4 is 10.6 Å². The number of pyridine rings is 1. The summed E-state index contributed by atoms with van der Waals surface area (Å²) < 4.78 is 0. The smallest absolute Gasteiger partial charge is 0.246 e. The fourth-order valence-electron chi connectivity index (χ4n) is 3.17. The van der Waals surface area contributed by atoms with Crippen LogP contribution in [0.2, 0.25) is 0 Å². The lowest BCUT2D eigenvalue weighted by atomic mass is 10.1. The zero-order valence-corrected chi connectivity index (χ0v) is 14.7. The molecule has 5 heteroatoms. The van der Waals surface area contributed by atoms with Gasteiger partial charge in [-0.1, -0.05) is 42.5 Å². The molecule has 2 amide bonds. The van der Waals surface area contributed by atoms with Gasteiger partial charge in [0.25, 0.3) is 0 Å². The number of amides is 2. The highest BCUT2D eigenvalue weighted by Gasteiger charge is 2.26. The van der Waals surface area contributed by atoms with Crippen LogP contribution in [0.25, 0.3) is 23.1 Å². The van der Waals surface area contributed by atoms with Crippen molar-refractivity contribution in [3.8, 4) is 0 Å². The van der Waals surface area contributed by atoms with Gasteiger partial charge in [0.1, 0.15) is 6.04 Å². The number of hydrogen-bond donors (Lipinski definition) is 2. The summed E-state index contributed by atoms with van der Waals surface area (Å²) in [5, 5.41) is 6.62. The van der Waals surface area contributed by atoms with E-state index < -0.39 is 6.04 Å². The monoisotopic (exact) mass is 357 g/mol. The fourth-order valence-corrected chi connectivity index (χ4v) is 3.17. The van der Waals surface area contributed by atoms with Crippen molar-refractivity contribution in [3.05, 3.63) is 71.9 Å². The van der Waals surface area contributed by atoms with Crippen molar-refractivity contribution in [2.75, 3.05) is 5.32 Å². The van der Waals surface area contributed by atoms with E-state index in [-0.39, 0.29) is 11.8 Å². The standard InChI is InChI=1S/C22H19N3O2/c26-21-12-11-20(25-21)22(27)24-17-9-6-15(7-10-17)5-8-16-13-14-23-19-4-2-1-3-18(16)19/h1-10,13-14,20H,11-12H2,(H,24,27)(H,25,26)/t20-/m0/s1. The predicted octanol–water partition coefficient (Wildman–Crippen LogP) is 3.62. The Labute approximate surface area is 157 Å². The number of fused-ring (bicyclic) bond motifs is 1. The third-order valence-electron chi connectivity index (χ3n) is 4.63. The lowest BCUT2D eigenvalue weighted by molar-refractivity contribution is -0.122. The number of aromatic nitrogens is 1. The first kappa shape index (κ1) is 17.0. The van der Waals surface area contributed by atoms with Crippen molar-refractivity contribution in [2.24, 2.45) is 0 Å². The molecule has 0 saturated carbocycles. The molecule has 2 N–H and O–H groups in total. The van der Waals surface area contributed by atoms with E-state index in [9.17, 15) is 9.59 Å². The molecule has 1 aromatic heterocycles. The van der Waals surface area contributed by atoms with Crippen molar-refractivity contribution in [1.29, 1.82) is 0 Å². The van der Waals surface area contributed by atoms with Gasteiger partial charge in [-0.05, 0) is 41.8 Å². The van der Waals surface area contributed by atoms with Crippen LogP contribution in [0.3, 0.4) is 0 Å². The van der Waals surface area contributed by atoms with Crippen LogP contribution in [0.15, 0.2) is 60.8 Å². The van der Waals surface area contributed by atoms with Gasteiger partial charge in [-0.3, -0.25) is 14.6 Å². The van der Waals surface area contributed by atoms with Crippen LogP contribution in [0.4, 0.5) is 5.69 Å². The molecular weight excluding hydrogens is 338 g/mol. The number of para-hydroxylation sites is 1. The summed E-state index contributed by atoms with van der Waals surface area (Å²) in [4.78, 5) is 27.7. The second-order valence-electron chi connectivity index (χ2n) is 6.52. The van der Waals surface area contributed by atoms with Gasteiger partial charge in [0, 0.05) is 23.7 Å². The molecule has 134 valence electrons. The molecule has 2 heterocycles. The van der Waals surface area contributed by atoms with Gasteiger partial charge >= 0.3 is 0 Å². The second-order valence-corrected chi connectivity index (χ2v) is 6.52. The van der Waals surface area contributed by atoms with Crippen molar-refractivity contribution >= 4 is 40.6 Å². The SMILES string of the molecule is O=C1CC[C@@H](C(=O)Nc2ccc(C=Cc3ccnc4ccccc34)cc2)N1. The van der Waals surface area contributed by atoms with E-state index in [2.05, 4.69) is 27.8 Å². The topological polar surface area (TPSA) is 71.1 Å². The van der Waals surface area contributed by atoms with E-state index in [1.807, 2.05) is 60.8 Å². The van der Waals surface area contributed by atoms with Crippen molar-refractivity contribution in [3.63, 3.8) is 0 Å². The van der Waals surface area contributed by atoms with Gasteiger partial charge in [-0.25, -0.2) is 0 Å². The zero-order chi connectivity index (χ0) is 18.6. The Bertz CT molecular complexity index is 1020. The maximum absolute atomic E-state index is 12.1. The quantitative estimate of drug-likeness (QED) is 0.749. The zero-order valence-electron chi connectivity index (χ0n) is 14.7. The summed E-state index contributed by atoms with van der Waals surface area (Å²) in [7, 11) is 0.